The van der Waals surface area contributed by atoms with Gasteiger partial charge < -0.3 is 19.7 Å². The van der Waals surface area contributed by atoms with E-state index in [9.17, 15) is 14.4 Å². The summed E-state index contributed by atoms with van der Waals surface area (Å²) in [4.78, 5) is 39.3. The van der Waals surface area contributed by atoms with Crippen LogP contribution in [0, 0.1) is 0 Å². The second-order valence-corrected chi connectivity index (χ2v) is 9.47. The Balaban J connectivity index is 1.58. The SMILES string of the molecule is CC(C)Oc1ccc(C(=O)NC(=S)N2CCNC(=O)C2CC(=O)OCCc2ccccc2)cc1Br. The van der Waals surface area contributed by atoms with Crippen molar-refractivity contribution in [3.63, 3.8) is 0 Å². The maximum absolute atomic E-state index is 12.8. The van der Waals surface area contributed by atoms with Crippen molar-refractivity contribution in [1.29, 1.82) is 0 Å². The number of nitrogens with zero attached hydrogens (tertiary/aromatic N) is 1. The Morgan fingerprint density at radius 3 is 2.66 bits per heavy atom. The van der Waals surface area contributed by atoms with Gasteiger partial charge in [-0.25, -0.2) is 0 Å². The lowest BCUT2D eigenvalue weighted by Crippen LogP contribution is -2.60. The van der Waals surface area contributed by atoms with Gasteiger partial charge in [0.2, 0.25) is 5.91 Å². The molecule has 186 valence electrons. The van der Waals surface area contributed by atoms with Gasteiger partial charge in [-0.15, -0.1) is 0 Å². The lowest BCUT2D eigenvalue weighted by Gasteiger charge is -2.36. The van der Waals surface area contributed by atoms with Crippen LogP contribution in [0.25, 0.3) is 0 Å². The van der Waals surface area contributed by atoms with E-state index in [2.05, 4.69) is 26.6 Å². The first-order valence-electron chi connectivity index (χ1n) is 11.3. The zero-order valence-electron chi connectivity index (χ0n) is 19.6. The Bertz CT molecular complexity index is 1080. The molecule has 1 aliphatic heterocycles. The van der Waals surface area contributed by atoms with Gasteiger partial charge in [0.1, 0.15) is 11.8 Å². The Morgan fingerprint density at radius 1 is 1.23 bits per heavy atom. The number of piperazine rings is 1. The molecule has 0 radical (unpaired) electrons. The minimum absolute atomic E-state index is 0.00855. The Morgan fingerprint density at radius 2 is 1.97 bits per heavy atom. The van der Waals surface area contributed by atoms with Crippen molar-refractivity contribution in [2.45, 2.75) is 38.8 Å². The van der Waals surface area contributed by atoms with Crippen molar-refractivity contribution in [3.8, 4) is 5.75 Å². The molecule has 2 amide bonds. The minimum Gasteiger partial charge on any atom is -0.490 e. The average molecular weight is 562 g/mol. The fourth-order valence-corrected chi connectivity index (χ4v) is 4.32. The molecule has 2 N–H and O–H groups in total. The molecule has 10 heteroatoms. The van der Waals surface area contributed by atoms with E-state index in [-0.39, 0.29) is 30.2 Å². The summed E-state index contributed by atoms with van der Waals surface area (Å²) in [5.74, 6) is -0.655. The van der Waals surface area contributed by atoms with Crippen LogP contribution in [0.3, 0.4) is 0 Å². The quantitative estimate of drug-likeness (QED) is 0.377. The number of hydrogen-bond donors (Lipinski definition) is 2. The first kappa shape index (κ1) is 26.6. The van der Waals surface area contributed by atoms with Crippen molar-refractivity contribution < 1.29 is 23.9 Å². The third kappa shape index (κ3) is 7.76. The van der Waals surface area contributed by atoms with Crippen LogP contribution in [-0.4, -0.2) is 59.6 Å². The first-order valence-corrected chi connectivity index (χ1v) is 12.5. The van der Waals surface area contributed by atoms with Gasteiger partial charge in [0.15, 0.2) is 5.11 Å². The second kappa shape index (κ2) is 12.6. The standard InChI is InChI=1S/C25H28BrN3O5S/c1-16(2)34-21-9-8-18(14-19(21)26)23(31)28-25(35)29-12-11-27-24(32)20(29)15-22(30)33-13-10-17-6-4-3-5-7-17/h3-9,14,16,20H,10-13,15H2,1-2H3,(H,27,32)(H,28,31,35). The van der Waals surface area contributed by atoms with Gasteiger partial charge in [0.25, 0.3) is 5.91 Å². The Kier molecular flexibility index (Phi) is 9.62. The van der Waals surface area contributed by atoms with Crippen LogP contribution in [0.2, 0.25) is 0 Å². The fourth-order valence-electron chi connectivity index (χ4n) is 3.54. The molecule has 1 aliphatic rings. The average Bonchev–Trinajstić information content (AvgIpc) is 2.82. The molecule has 8 nitrogen and oxygen atoms in total. The molecular weight excluding hydrogens is 534 g/mol. The van der Waals surface area contributed by atoms with Gasteiger partial charge in [-0.2, -0.15) is 0 Å². The molecule has 0 saturated carbocycles. The molecule has 1 heterocycles. The fraction of sp³-hybridized carbons (Fsp3) is 0.360. The van der Waals surface area contributed by atoms with Crippen LogP contribution in [-0.2, 0) is 20.7 Å². The van der Waals surface area contributed by atoms with E-state index in [4.69, 9.17) is 21.7 Å². The van der Waals surface area contributed by atoms with Crippen LogP contribution >= 0.6 is 28.1 Å². The highest BCUT2D eigenvalue weighted by Crippen LogP contribution is 2.27. The molecule has 0 aromatic heterocycles. The van der Waals surface area contributed by atoms with Crippen molar-refractivity contribution in [1.82, 2.24) is 15.5 Å². The van der Waals surface area contributed by atoms with Gasteiger partial charge in [-0.05, 0) is 65.8 Å². The maximum atomic E-state index is 12.8. The number of carbonyl (C=O) groups excluding carboxylic acids is 3. The molecule has 0 bridgehead atoms. The van der Waals surface area contributed by atoms with Crippen molar-refractivity contribution in [3.05, 3.63) is 64.1 Å². The van der Waals surface area contributed by atoms with Crippen molar-refractivity contribution in [2.75, 3.05) is 19.7 Å². The predicted octanol–water partition coefficient (Wildman–Crippen LogP) is 3.23. The summed E-state index contributed by atoms with van der Waals surface area (Å²) in [5.41, 5.74) is 1.42. The van der Waals surface area contributed by atoms with E-state index in [0.29, 0.717) is 35.3 Å². The monoisotopic (exact) mass is 561 g/mol. The van der Waals surface area contributed by atoms with Crippen LogP contribution < -0.4 is 15.4 Å². The van der Waals surface area contributed by atoms with Crippen LogP contribution in [0.4, 0.5) is 0 Å². The second-order valence-electron chi connectivity index (χ2n) is 8.23. The molecule has 2 aromatic rings. The number of ether oxygens (including phenoxy) is 2. The summed E-state index contributed by atoms with van der Waals surface area (Å²) in [6.45, 7) is 4.74. The Labute approximate surface area is 218 Å². The number of esters is 1. The lowest BCUT2D eigenvalue weighted by molar-refractivity contribution is -0.147. The van der Waals surface area contributed by atoms with E-state index in [1.54, 1.807) is 23.1 Å². The molecule has 1 unspecified atom stereocenters. The third-order valence-electron chi connectivity index (χ3n) is 5.23. The summed E-state index contributed by atoms with van der Waals surface area (Å²) in [7, 11) is 0. The maximum Gasteiger partial charge on any atom is 0.308 e. The van der Waals surface area contributed by atoms with Crippen LogP contribution in [0.5, 0.6) is 5.75 Å². The highest BCUT2D eigenvalue weighted by atomic mass is 79.9. The van der Waals surface area contributed by atoms with E-state index in [0.717, 1.165) is 5.56 Å². The zero-order chi connectivity index (χ0) is 25.4. The first-order chi connectivity index (χ1) is 16.7. The molecule has 3 rings (SSSR count). The third-order valence-corrected chi connectivity index (χ3v) is 6.18. The summed E-state index contributed by atoms with van der Waals surface area (Å²) < 4.78 is 11.6. The summed E-state index contributed by atoms with van der Waals surface area (Å²) in [5, 5.41) is 5.48. The van der Waals surface area contributed by atoms with E-state index in [1.165, 1.54) is 0 Å². The van der Waals surface area contributed by atoms with Gasteiger partial charge in [0, 0.05) is 25.1 Å². The summed E-state index contributed by atoms with van der Waals surface area (Å²) in [6, 6.07) is 13.8. The predicted molar refractivity (Wildman–Crippen MR) is 139 cm³/mol. The van der Waals surface area contributed by atoms with Gasteiger partial charge in [-0.3, -0.25) is 19.7 Å². The number of carbonyl (C=O) groups is 3. The van der Waals surface area contributed by atoms with Gasteiger partial charge >= 0.3 is 5.97 Å². The normalized spacial score (nSPS) is 15.4. The molecule has 0 spiro atoms. The topological polar surface area (TPSA) is 97.0 Å². The summed E-state index contributed by atoms with van der Waals surface area (Å²) >= 11 is 8.84. The van der Waals surface area contributed by atoms with E-state index < -0.39 is 17.9 Å². The van der Waals surface area contributed by atoms with E-state index >= 15 is 0 Å². The van der Waals surface area contributed by atoms with Gasteiger partial charge in [-0.1, -0.05) is 30.3 Å². The zero-order valence-corrected chi connectivity index (χ0v) is 22.0. The molecule has 2 aromatic carbocycles. The number of amides is 2. The number of rotatable bonds is 8. The number of nitrogens with one attached hydrogen (secondary N) is 2. The number of hydrogen-bond acceptors (Lipinski definition) is 6. The van der Waals surface area contributed by atoms with E-state index in [1.807, 2.05) is 44.2 Å². The summed E-state index contributed by atoms with van der Waals surface area (Å²) in [6.07, 6.45) is 0.396. The van der Waals surface area contributed by atoms with Crippen LogP contribution in [0.1, 0.15) is 36.2 Å². The lowest BCUT2D eigenvalue weighted by atomic mass is 10.1. The number of halogens is 1. The number of thiocarbonyl (C=S) groups is 1. The molecule has 0 aliphatic carbocycles. The minimum atomic E-state index is -0.866. The Hall–Kier alpha value is -2.98. The molecule has 35 heavy (non-hydrogen) atoms. The smallest absolute Gasteiger partial charge is 0.308 e. The van der Waals surface area contributed by atoms with Crippen molar-refractivity contribution >= 4 is 51.0 Å². The molecule has 1 saturated heterocycles. The molecular formula is C25H28BrN3O5S. The molecule has 1 fully saturated rings. The molecule has 1 atom stereocenters. The van der Waals surface area contributed by atoms with Crippen molar-refractivity contribution in [2.24, 2.45) is 0 Å². The van der Waals surface area contributed by atoms with Gasteiger partial charge in [0.05, 0.1) is 23.6 Å². The van der Waals surface area contributed by atoms with Crippen LogP contribution in [0.15, 0.2) is 53.0 Å². The largest absolute Gasteiger partial charge is 0.490 e. The highest BCUT2D eigenvalue weighted by molar-refractivity contribution is 9.10. The highest BCUT2D eigenvalue weighted by Gasteiger charge is 2.34. The number of benzene rings is 2.